The Morgan fingerprint density at radius 1 is 1.18 bits per heavy atom. The van der Waals surface area contributed by atoms with Crippen molar-refractivity contribution in [3.8, 4) is 0 Å². The van der Waals surface area contributed by atoms with Gasteiger partial charge in [0.25, 0.3) is 0 Å². The Morgan fingerprint density at radius 3 is 2.64 bits per heavy atom. The largest absolute Gasteiger partial charge is 0.458 e. The molecule has 2 amide bonds. The van der Waals surface area contributed by atoms with Gasteiger partial charge in [0.15, 0.2) is 0 Å². The minimum atomic E-state index is -1.16. The average Bonchev–Trinajstić information content (AvgIpc) is 3.28. The number of fused-ring (bicyclic) bond motifs is 5. The molecule has 9 heteroatoms. The summed E-state index contributed by atoms with van der Waals surface area (Å²) in [6, 6.07) is -0.774. The molecule has 0 radical (unpaired) electrons. The minimum absolute atomic E-state index is 0.0468. The number of rotatable bonds is 3. The number of nitrogens with two attached hydrogens (primary N) is 1. The molecule has 0 unspecified atom stereocenters. The normalized spacial score (nSPS) is 49.1. The topological polar surface area (TPSA) is 154 Å². The fourth-order valence-corrected chi connectivity index (χ4v) is 8.57. The number of amides is 2. The molecule has 8 atom stereocenters. The highest BCUT2D eigenvalue weighted by Gasteiger charge is 2.71. The van der Waals surface area contributed by atoms with Crippen LogP contribution < -0.4 is 11.2 Å². The number of hydrogen-bond acceptors (Lipinski definition) is 7. The molecule has 0 aromatic rings. The average molecular weight is 462 g/mol. The third kappa shape index (κ3) is 3.12. The van der Waals surface area contributed by atoms with Crippen LogP contribution in [0.5, 0.6) is 0 Å². The van der Waals surface area contributed by atoms with Gasteiger partial charge in [0.2, 0.25) is 0 Å². The molecular weight excluding hydrogens is 426 g/mol. The number of hydrazone groups is 1. The molecule has 0 saturated heterocycles. The fourth-order valence-electron chi connectivity index (χ4n) is 8.57. The van der Waals surface area contributed by atoms with Crippen molar-refractivity contribution in [1.29, 1.82) is 0 Å². The molecule has 4 saturated carbocycles. The lowest BCUT2D eigenvalue weighted by atomic mass is 9.41. The van der Waals surface area contributed by atoms with E-state index in [1.807, 2.05) is 0 Å². The molecule has 1 aliphatic heterocycles. The molecule has 5 aliphatic rings. The van der Waals surface area contributed by atoms with Crippen molar-refractivity contribution in [2.24, 2.45) is 39.4 Å². The van der Waals surface area contributed by atoms with Crippen LogP contribution in [0.1, 0.15) is 64.7 Å². The van der Waals surface area contributed by atoms with E-state index in [1.54, 1.807) is 12.3 Å². The number of ether oxygens (including phenoxy) is 1. The second-order valence-corrected chi connectivity index (χ2v) is 11.3. The monoisotopic (exact) mass is 461 g/mol. The Hall–Kier alpha value is -1.97. The predicted molar refractivity (Wildman–Crippen MR) is 119 cm³/mol. The van der Waals surface area contributed by atoms with Gasteiger partial charge in [-0.3, -0.25) is 0 Å². The number of hydrogen-bond donors (Lipinski definition) is 5. The van der Waals surface area contributed by atoms with Crippen LogP contribution in [0.15, 0.2) is 16.8 Å². The maximum Gasteiger partial charge on any atom is 0.332 e. The van der Waals surface area contributed by atoms with Crippen molar-refractivity contribution < 1.29 is 29.6 Å². The molecule has 33 heavy (non-hydrogen) atoms. The molecule has 4 aliphatic carbocycles. The lowest BCUT2D eigenvalue weighted by Gasteiger charge is -2.65. The minimum Gasteiger partial charge on any atom is -0.458 e. The first-order chi connectivity index (χ1) is 15.5. The number of nitrogens with one attached hydrogen (secondary N) is 1. The van der Waals surface area contributed by atoms with E-state index in [0.717, 1.165) is 24.8 Å². The Morgan fingerprint density at radius 2 is 1.94 bits per heavy atom. The molecule has 0 aromatic carbocycles. The Kier molecular flexibility index (Phi) is 5.19. The number of carbonyl (C=O) groups excluding carboxylic acids is 2. The van der Waals surface area contributed by atoms with Crippen molar-refractivity contribution in [3.05, 3.63) is 11.6 Å². The third-order valence-corrected chi connectivity index (χ3v) is 10.1. The van der Waals surface area contributed by atoms with Crippen LogP contribution in [0.25, 0.3) is 0 Å². The van der Waals surface area contributed by atoms with E-state index < -0.39 is 28.8 Å². The molecule has 6 N–H and O–H groups in total. The smallest absolute Gasteiger partial charge is 0.332 e. The quantitative estimate of drug-likeness (QED) is 0.243. The van der Waals surface area contributed by atoms with Gasteiger partial charge in [0.05, 0.1) is 17.3 Å². The summed E-state index contributed by atoms with van der Waals surface area (Å²) in [6.07, 6.45) is 8.02. The van der Waals surface area contributed by atoms with Gasteiger partial charge >= 0.3 is 12.0 Å². The Bertz CT molecular complexity index is 922. The second kappa shape index (κ2) is 7.52. The summed E-state index contributed by atoms with van der Waals surface area (Å²) in [7, 11) is 0. The highest BCUT2D eigenvalue weighted by atomic mass is 16.5. The molecule has 9 nitrogen and oxygen atoms in total. The summed E-state index contributed by atoms with van der Waals surface area (Å²) in [6.45, 7) is 2.45. The Balaban J connectivity index is 1.52. The number of nitrogens with zero attached hydrogens (tertiary/aromatic N) is 1. The number of primary amides is 1. The lowest BCUT2D eigenvalue weighted by Crippen LogP contribution is -2.68. The van der Waals surface area contributed by atoms with E-state index in [1.165, 1.54) is 0 Å². The standard InChI is InChI=1S/C24H35N3O6/c1-21-6-3-17-18(24(21,32)9-5-16(21)14-10-19(29)33-12-14)4-8-23(31)11-15(28)2-7-22(17,23)13-26-27-20(25)30/h10,13,15-18,28,31-32H,2-9,11-12H2,1H3,(H3,25,27,30)/t15-,16+,17-,18+,21+,22-,23-,24-/m0/s1. The molecule has 0 bridgehead atoms. The van der Waals surface area contributed by atoms with E-state index in [2.05, 4.69) is 17.5 Å². The van der Waals surface area contributed by atoms with E-state index in [9.17, 15) is 24.9 Å². The summed E-state index contributed by atoms with van der Waals surface area (Å²) in [4.78, 5) is 23.0. The van der Waals surface area contributed by atoms with Crippen LogP contribution in [0.4, 0.5) is 4.79 Å². The van der Waals surface area contributed by atoms with Crippen LogP contribution >= 0.6 is 0 Å². The molecule has 5 rings (SSSR count). The summed E-state index contributed by atoms with van der Waals surface area (Å²) in [5.41, 5.74) is 5.21. The van der Waals surface area contributed by atoms with E-state index in [4.69, 9.17) is 10.5 Å². The number of cyclic esters (lactones) is 1. The van der Waals surface area contributed by atoms with E-state index in [-0.39, 0.29) is 35.6 Å². The summed E-state index contributed by atoms with van der Waals surface area (Å²) in [5.74, 6) is -0.326. The Labute approximate surface area is 193 Å². The van der Waals surface area contributed by atoms with Gasteiger partial charge < -0.3 is 25.8 Å². The van der Waals surface area contributed by atoms with Crippen LogP contribution in [-0.2, 0) is 9.53 Å². The summed E-state index contributed by atoms with van der Waals surface area (Å²) in [5, 5.41) is 38.6. The van der Waals surface area contributed by atoms with Crippen molar-refractivity contribution in [3.63, 3.8) is 0 Å². The van der Waals surface area contributed by atoms with Gasteiger partial charge in [-0.2, -0.15) is 5.10 Å². The molecule has 182 valence electrons. The highest BCUT2D eigenvalue weighted by Crippen LogP contribution is 2.70. The van der Waals surface area contributed by atoms with Gasteiger partial charge in [-0.05, 0) is 74.7 Å². The van der Waals surface area contributed by atoms with E-state index in [0.29, 0.717) is 38.7 Å². The van der Waals surface area contributed by atoms with Crippen molar-refractivity contribution >= 4 is 18.2 Å². The number of aliphatic hydroxyl groups is 3. The van der Waals surface area contributed by atoms with Crippen LogP contribution in [0.3, 0.4) is 0 Å². The molecular formula is C24H35N3O6. The first-order valence-corrected chi connectivity index (χ1v) is 12.1. The van der Waals surface area contributed by atoms with Crippen molar-refractivity contribution in [1.82, 2.24) is 5.43 Å². The molecule has 0 spiro atoms. The first kappa shape index (κ1) is 22.8. The van der Waals surface area contributed by atoms with Gasteiger partial charge in [-0.25, -0.2) is 15.0 Å². The SMILES string of the molecule is C[C@]12CC[C@H]3[C@@H](CC[C@]4(O)C[C@@H](O)CC[C@]34C=NNC(N)=O)[C@@]1(O)CC[C@@H]2C1=CC(=O)OC1. The molecule has 0 aromatic heterocycles. The second-order valence-electron chi connectivity index (χ2n) is 11.3. The lowest BCUT2D eigenvalue weighted by molar-refractivity contribution is -0.237. The van der Waals surface area contributed by atoms with Crippen molar-refractivity contribution in [2.75, 3.05) is 6.61 Å². The fraction of sp³-hybridized carbons (Fsp3) is 0.792. The van der Waals surface area contributed by atoms with E-state index >= 15 is 0 Å². The number of carbonyl (C=O) groups is 2. The highest BCUT2D eigenvalue weighted by molar-refractivity contribution is 5.85. The van der Waals surface area contributed by atoms with Gasteiger partial charge in [0.1, 0.15) is 6.61 Å². The number of esters is 1. The number of aliphatic hydroxyl groups excluding tert-OH is 1. The zero-order chi connectivity index (χ0) is 23.6. The van der Waals surface area contributed by atoms with Crippen LogP contribution in [0.2, 0.25) is 0 Å². The molecule has 4 fully saturated rings. The van der Waals surface area contributed by atoms with Crippen LogP contribution in [0, 0.1) is 28.6 Å². The first-order valence-electron chi connectivity index (χ1n) is 12.1. The maximum absolute atomic E-state index is 12.3. The number of urea groups is 1. The van der Waals surface area contributed by atoms with Crippen molar-refractivity contribution in [2.45, 2.75) is 82.0 Å². The molecule has 1 heterocycles. The predicted octanol–water partition coefficient (Wildman–Crippen LogP) is 1.35. The zero-order valence-corrected chi connectivity index (χ0v) is 19.1. The van der Waals surface area contributed by atoms with Gasteiger partial charge in [-0.1, -0.05) is 6.92 Å². The maximum atomic E-state index is 12.3. The summed E-state index contributed by atoms with van der Waals surface area (Å²) < 4.78 is 5.18. The summed E-state index contributed by atoms with van der Waals surface area (Å²) >= 11 is 0. The zero-order valence-electron chi connectivity index (χ0n) is 19.1. The van der Waals surface area contributed by atoms with Gasteiger partial charge in [0, 0.05) is 29.5 Å². The third-order valence-electron chi connectivity index (χ3n) is 10.1. The van der Waals surface area contributed by atoms with Crippen LogP contribution in [-0.4, -0.2) is 57.4 Å². The van der Waals surface area contributed by atoms with Gasteiger partial charge in [-0.15, -0.1) is 0 Å².